The Morgan fingerprint density at radius 2 is 1.29 bits per heavy atom. The van der Waals surface area contributed by atoms with Gasteiger partial charge in [0.1, 0.15) is 17.5 Å². The molecule has 0 fully saturated rings. The van der Waals surface area contributed by atoms with E-state index in [0.717, 1.165) is 17.0 Å². The lowest BCUT2D eigenvalue weighted by Crippen LogP contribution is -2.42. The van der Waals surface area contributed by atoms with Gasteiger partial charge in [0.25, 0.3) is 0 Å². The first-order valence-corrected chi connectivity index (χ1v) is 13.6. The zero-order valence-corrected chi connectivity index (χ0v) is 19.7. The molecule has 162 valence electrons. The van der Waals surface area contributed by atoms with E-state index in [9.17, 15) is 4.79 Å². The van der Waals surface area contributed by atoms with Crippen LogP contribution >= 0.6 is 0 Å². The normalized spacial score (nSPS) is 12.2. The number of nitrogens with zero attached hydrogens (tertiary/aromatic N) is 1. The molecule has 3 rings (SSSR count). The van der Waals surface area contributed by atoms with Gasteiger partial charge >= 0.3 is 0 Å². The Bertz CT molecular complexity index is 983. The first-order valence-electron chi connectivity index (χ1n) is 10.2. The van der Waals surface area contributed by atoms with E-state index in [2.05, 4.69) is 19.6 Å². The van der Waals surface area contributed by atoms with Crippen LogP contribution < -0.4 is 14.5 Å². The maximum Gasteiger partial charge on any atom is 0.220 e. The van der Waals surface area contributed by atoms with E-state index < -0.39 is 14.4 Å². The number of anilines is 1. The highest BCUT2D eigenvalue weighted by molar-refractivity contribution is 6.69. The molecule has 0 amide bonds. The van der Waals surface area contributed by atoms with E-state index >= 15 is 0 Å². The average molecular weight is 436 g/mol. The highest BCUT2D eigenvalue weighted by Gasteiger charge is 2.33. The molecule has 3 aromatic rings. The molecule has 0 aliphatic heterocycles. The molecule has 3 aromatic carbocycles. The van der Waals surface area contributed by atoms with Gasteiger partial charge in [-0.3, -0.25) is 9.86 Å². The Morgan fingerprint density at radius 1 is 0.774 bits per heavy atom. The van der Waals surface area contributed by atoms with Gasteiger partial charge < -0.3 is 14.0 Å². The van der Waals surface area contributed by atoms with E-state index in [1.165, 1.54) is 0 Å². The highest BCUT2D eigenvalue weighted by atomic mass is 28.4. The summed E-state index contributed by atoms with van der Waals surface area (Å²) >= 11 is 0. The van der Waals surface area contributed by atoms with E-state index in [1.54, 1.807) is 43.5 Å². The van der Waals surface area contributed by atoms with Crippen molar-refractivity contribution in [3.05, 3.63) is 90.0 Å². The van der Waals surface area contributed by atoms with Crippen LogP contribution in [0.25, 0.3) is 0 Å². The summed E-state index contributed by atoms with van der Waals surface area (Å²) in [5.41, 5.74) is 2.24. The summed E-state index contributed by atoms with van der Waals surface area (Å²) in [6.07, 6.45) is 0. The number of hydroxylamine groups is 1. The van der Waals surface area contributed by atoms with Gasteiger partial charge in [-0.1, -0.05) is 30.3 Å². The molecule has 0 radical (unpaired) electrons. The van der Waals surface area contributed by atoms with E-state index in [0.29, 0.717) is 11.3 Å². The van der Waals surface area contributed by atoms with Crippen LogP contribution in [0.2, 0.25) is 19.6 Å². The van der Waals surface area contributed by atoms with Crippen LogP contribution in [-0.2, 0) is 4.53 Å². The molecule has 0 heterocycles. The largest absolute Gasteiger partial charge is 0.497 e. The second kappa shape index (κ2) is 9.81. The average Bonchev–Trinajstić information content (AvgIpc) is 2.78. The molecule has 0 aromatic heterocycles. The van der Waals surface area contributed by atoms with Gasteiger partial charge in [0.05, 0.1) is 19.9 Å². The molecule has 0 aliphatic carbocycles. The van der Waals surface area contributed by atoms with Crippen molar-refractivity contribution < 1.29 is 18.8 Å². The zero-order chi connectivity index (χ0) is 22.4. The van der Waals surface area contributed by atoms with Crippen molar-refractivity contribution >= 4 is 19.8 Å². The third-order valence-electron chi connectivity index (χ3n) is 4.67. The molecule has 5 nitrogen and oxygen atoms in total. The van der Waals surface area contributed by atoms with Crippen molar-refractivity contribution in [2.45, 2.75) is 25.7 Å². The van der Waals surface area contributed by atoms with Gasteiger partial charge in [-0.2, -0.15) is 0 Å². The van der Waals surface area contributed by atoms with Crippen LogP contribution in [-0.4, -0.2) is 28.3 Å². The summed E-state index contributed by atoms with van der Waals surface area (Å²) < 4.78 is 17.0. The van der Waals surface area contributed by atoms with Crippen molar-refractivity contribution in [3.63, 3.8) is 0 Å². The SMILES string of the molecule is COc1ccc(C(=O)[C@@H](c2ccccc2)N(O[Si](C)(C)C)c2ccc(OC)cc2)cc1. The number of ketones is 1. The number of benzene rings is 3. The van der Waals surface area contributed by atoms with E-state index in [1.807, 2.05) is 54.6 Å². The van der Waals surface area contributed by atoms with Crippen molar-refractivity contribution in [2.24, 2.45) is 0 Å². The molecule has 0 bridgehead atoms. The van der Waals surface area contributed by atoms with Crippen LogP contribution in [0.4, 0.5) is 5.69 Å². The summed E-state index contributed by atoms with van der Waals surface area (Å²) in [4.78, 5) is 13.8. The summed E-state index contributed by atoms with van der Waals surface area (Å²) in [6.45, 7) is 6.30. The van der Waals surface area contributed by atoms with E-state index in [4.69, 9.17) is 14.0 Å². The van der Waals surface area contributed by atoms with Gasteiger partial charge in [-0.15, -0.1) is 0 Å². The Hall–Kier alpha value is -3.09. The molecular formula is C25H29NO4Si. The second-order valence-corrected chi connectivity index (χ2v) is 12.5. The number of carbonyl (C=O) groups excluding carboxylic acids is 1. The topological polar surface area (TPSA) is 48.0 Å². The Labute approximate surface area is 185 Å². The lowest BCUT2D eigenvalue weighted by Gasteiger charge is -2.36. The molecule has 0 N–H and O–H groups in total. The zero-order valence-electron chi connectivity index (χ0n) is 18.7. The van der Waals surface area contributed by atoms with Crippen LogP contribution in [0.5, 0.6) is 11.5 Å². The lowest BCUT2D eigenvalue weighted by atomic mass is 9.96. The summed E-state index contributed by atoms with van der Waals surface area (Å²) in [5.74, 6) is 1.40. The predicted molar refractivity (Wildman–Crippen MR) is 126 cm³/mol. The maximum atomic E-state index is 13.8. The molecule has 31 heavy (non-hydrogen) atoms. The van der Waals surface area contributed by atoms with Crippen molar-refractivity contribution in [1.29, 1.82) is 0 Å². The smallest absolute Gasteiger partial charge is 0.220 e. The Kier molecular flexibility index (Phi) is 7.15. The molecule has 0 unspecified atom stereocenters. The van der Waals surface area contributed by atoms with Crippen LogP contribution in [0.3, 0.4) is 0 Å². The molecule has 0 saturated carbocycles. The third kappa shape index (κ3) is 5.74. The molecule has 0 saturated heterocycles. The minimum atomic E-state index is -2.06. The standard InChI is InChI=1S/C25H29NO4Si/c1-28-22-15-11-20(12-16-22)25(27)24(19-9-7-6-8-10-19)26(30-31(3,4)5)21-13-17-23(29-2)18-14-21/h6-18,24H,1-5H3/t24-/m1/s1. The molecule has 0 spiro atoms. The van der Waals surface area contributed by atoms with Gasteiger partial charge in [0.2, 0.25) is 8.32 Å². The first kappa shape index (κ1) is 22.6. The quantitative estimate of drug-likeness (QED) is 0.238. The number of ether oxygens (including phenoxy) is 2. The van der Waals surface area contributed by atoms with Gasteiger partial charge in [0, 0.05) is 5.56 Å². The van der Waals surface area contributed by atoms with Gasteiger partial charge in [0.15, 0.2) is 5.78 Å². The minimum Gasteiger partial charge on any atom is -0.497 e. The van der Waals surface area contributed by atoms with Crippen molar-refractivity contribution in [1.82, 2.24) is 0 Å². The van der Waals surface area contributed by atoms with Gasteiger partial charge in [-0.25, -0.2) is 0 Å². The summed E-state index contributed by atoms with van der Waals surface area (Å²) in [5, 5.41) is 1.76. The molecular weight excluding hydrogens is 406 g/mol. The van der Waals surface area contributed by atoms with E-state index in [-0.39, 0.29) is 5.78 Å². The Morgan fingerprint density at radius 3 is 1.77 bits per heavy atom. The fourth-order valence-corrected chi connectivity index (χ4v) is 4.02. The maximum absolute atomic E-state index is 13.8. The number of methoxy groups -OCH3 is 2. The van der Waals surface area contributed by atoms with Crippen molar-refractivity contribution in [2.75, 3.05) is 19.3 Å². The van der Waals surface area contributed by atoms with Crippen LogP contribution in [0, 0.1) is 0 Å². The minimum absolute atomic E-state index is 0.0529. The second-order valence-electron chi connectivity index (χ2n) is 8.13. The van der Waals surface area contributed by atoms with Crippen molar-refractivity contribution in [3.8, 4) is 11.5 Å². The summed E-state index contributed by atoms with van der Waals surface area (Å²) in [6, 6.07) is 23.8. The number of rotatable bonds is 9. The van der Waals surface area contributed by atoms with Crippen LogP contribution in [0.15, 0.2) is 78.9 Å². The number of hydrogen-bond acceptors (Lipinski definition) is 5. The molecule has 1 atom stereocenters. The predicted octanol–water partition coefficient (Wildman–Crippen LogP) is 5.90. The highest BCUT2D eigenvalue weighted by Crippen LogP contribution is 2.33. The monoisotopic (exact) mass is 435 g/mol. The van der Waals surface area contributed by atoms with Gasteiger partial charge in [-0.05, 0) is 73.7 Å². The first-order chi connectivity index (χ1) is 14.8. The molecule has 0 aliphatic rings. The fraction of sp³-hybridized carbons (Fsp3) is 0.240. The number of hydrogen-bond donors (Lipinski definition) is 0. The van der Waals surface area contributed by atoms with Crippen LogP contribution in [0.1, 0.15) is 22.0 Å². The number of Topliss-reactive ketones (excluding diaryl/α,β-unsaturated/α-hetero) is 1. The Balaban J connectivity index is 2.11. The summed E-state index contributed by atoms with van der Waals surface area (Å²) in [7, 11) is 1.18. The molecule has 6 heteroatoms. The number of carbonyl (C=O) groups is 1. The lowest BCUT2D eigenvalue weighted by molar-refractivity contribution is 0.0906. The fourth-order valence-electron chi connectivity index (χ4n) is 3.22. The third-order valence-corrected chi connectivity index (χ3v) is 5.42.